The van der Waals surface area contributed by atoms with Crippen LogP contribution >= 0.6 is 0 Å². The Morgan fingerprint density at radius 3 is 2.38 bits per heavy atom. The number of allylic oxidation sites excluding steroid dienone is 2. The van der Waals surface area contributed by atoms with Gasteiger partial charge in [0.05, 0.1) is 5.54 Å². The van der Waals surface area contributed by atoms with Gasteiger partial charge in [0, 0.05) is 12.5 Å². The summed E-state index contributed by atoms with van der Waals surface area (Å²) in [6.45, 7) is 9.55. The van der Waals surface area contributed by atoms with Gasteiger partial charge in [-0.3, -0.25) is 4.79 Å². The van der Waals surface area contributed by atoms with Crippen molar-refractivity contribution >= 4 is 12.0 Å². The zero-order chi connectivity index (χ0) is 16.1. The van der Waals surface area contributed by atoms with Crippen LogP contribution in [0.4, 0.5) is 4.79 Å². The summed E-state index contributed by atoms with van der Waals surface area (Å²) in [5, 5.41) is 5.70. The summed E-state index contributed by atoms with van der Waals surface area (Å²) < 4.78 is 5.22. The predicted molar refractivity (Wildman–Crippen MR) is 82.9 cm³/mol. The van der Waals surface area contributed by atoms with Crippen LogP contribution in [0.15, 0.2) is 12.2 Å². The Hall–Kier alpha value is -1.52. The molecular weight excluding hydrogens is 268 g/mol. The first-order valence-electron chi connectivity index (χ1n) is 7.53. The normalized spacial score (nSPS) is 19.0. The van der Waals surface area contributed by atoms with Gasteiger partial charge < -0.3 is 15.4 Å². The number of alkyl carbamates (subject to hydrolysis) is 1. The van der Waals surface area contributed by atoms with Crippen molar-refractivity contribution in [2.75, 3.05) is 6.54 Å². The lowest BCUT2D eigenvalue weighted by atomic mass is 9.93. The molecular formula is C16H28N2O3. The zero-order valence-electron chi connectivity index (χ0n) is 13.8. The molecule has 0 saturated heterocycles. The highest BCUT2D eigenvalue weighted by molar-refractivity contribution is 5.79. The van der Waals surface area contributed by atoms with Crippen molar-refractivity contribution in [3.05, 3.63) is 12.2 Å². The minimum absolute atomic E-state index is 0.0485. The van der Waals surface area contributed by atoms with Gasteiger partial charge in [-0.1, -0.05) is 12.2 Å². The molecule has 21 heavy (non-hydrogen) atoms. The fraction of sp³-hybridized carbons (Fsp3) is 0.750. The molecule has 1 atom stereocenters. The topological polar surface area (TPSA) is 67.4 Å². The smallest absolute Gasteiger partial charge is 0.408 e. The van der Waals surface area contributed by atoms with Crippen LogP contribution in [0, 0.1) is 5.92 Å². The maximum absolute atomic E-state index is 12.1. The molecule has 0 bridgehead atoms. The van der Waals surface area contributed by atoms with Gasteiger partial charge in [-0.05, 0) is 53.9 Å². The van der Waals surface area contributed by atoms with Gasteiger partial charge in [-0.2, -0.15) is 0 Å². The maximum atomic E-state index is 12.1. The molecule has 0 aromatic carbocycles. The van der Waals surface area contributed by atoms with E-state index >= 15 is 0 Å². The first-order valence-corrected chi connectivity index (χ1v) is 7.53. The molecule has 2 amide bonds. The lowest BCUT2D eigenvalue weighted by molar-refractivity contribution is -0.125. The quantitative estimate of drug-likeness (QED) is 0.784. The van der Waals surface area contributed by atoms with Crippen molar-refractivity contribution in [1.82, 2.24) is 10.6 Å². The van der Waals surface area contributed by atoms with Crippen LogP contribution in [0.2, 0.25) is 0 Å². The first kappa shape index (κ1) is 17.5. The summed E-state index contributed by atoms with van der Waals surface area (Å²) in [5.74, 6) is 0.103. The highest BCUT2D eigenvalue weighted by atomic mass is 16.6. The van der Waals surface area contributed by atoms with E-state index < -0.39 is 17.2 Å². The standard InChI is InChI=1S/C16H28N2O3/c1-15(2,3)21-14(20)18-16(4,5)11-17-13(19)12-9-7-6-8-10-12/h6-7,12H,8-11H2,1-5H3,(H,17,19)(H,18,20). The summed E-state index contributed by atoms with van der Waals surface area (Å²) in [7, 11) is 0. The highest BCUT2D eigenvalue weighted by Gasteiger charge is 2.26. The molecule has 1 aliphatic carbocycles. The second-order valence-corrected chi connectivity index (χ2v) is 7.21. The van der Waals surface area contributed by atoms with Crippen molar-refractivity contribution in [2.45, 2.75) is 65.0 Å². The Bertz CT molecular complexity index is 408. The van der Waals surface area contributed by atoms with Gasteiger partial charge in [0.15, 0.2) is 0 Å². The van der Waals surface area contributed by atoms with Crippen molar-refractivity contribution < 1.29 is 14.3 Å². The Balaban J connectivity index is 2.39. The number of carbonyl (C=O) groups excluding carboxylic acids is 2. The second-order valence-electron chi connectivity index (χ2n) is 7.21. The largest absolute Gasteiger partial charge is 0.444 e. The van der Waals surface area contributed by atoms with Crippen molar-refractivity contribution in [2.24, 2.45) is 5.92 Å². The van der Waals surface area contributed by atoms with Crippen LogP contribution < -0.4 is 10.6 Å². The molecule has 120 valence electrons. The van der Waals surface area contributed by atoms with Gasteiger partial charge in [-0.15, -0.1) is 0 Å². The number of rotatable bonds is 4. The average molecular weight is 296 g/mol. The third-order valence-corrected chi connectivity index (χ3v) is 3.18. The molecule has 2 N–H and O–H groups in total. The van der Waals surface area contributed by atoms with E-state index in [1.165, 1.54) is 0 Å². The summed E-state index contributed by atoms with van der Waals surface area (Å²) in [4.78, 5) is 23.8. The SMILES string of the molecule is CC(C)(CNC(=O)C1CC=CCC1)NC(=O)OC(C)(C)C. The van der Waals surface area contributed by atoms with E-state index in [9.17, 15) is 9.59 Å². The van der Waals surface area contributed by atoms with Crippen LogP contribution in [0.3, 0.4) is 0 Å². The Morgan fingerprint density at radius 2 is 1.86 bits per heavy atom. The van der Waals surface area contributed by atoms with Crippen molar-refractivity contribution in [3.63, 3.8) is 0 Å². The molecule has 0 spiro atoms. The van der Waals surface area contributed by atoms with Gasteiger partial charge in [0.2, 0.25) is 5.91 Å². The van der Waals surface area contributed by atoms with Crippen LogP contribution in [0.25, 0.3) is 0 Å². The number of hydrogen-bond donors (Lipinski definition) is 2. The van der Waals surface area contributed by atoms with Gasteiger partial charge in [0.1, 0.15) is 5.60 Å². The molecule has 0 heterocycles. The molecule has 5 nitrogen and oxygen atoms in total. The summed E-state index contributed by atoms with van der Waals surface area (Å²) in [5.41, 5.74) is -1.08. The summed E-state index contributed by atoms with van der Waals surface area (Å²) in [6, 6.07) is 0. The predicted octanol–water partition coefficient (Wildman–Crippen LogP) is 2.76. The third-order valence-electron chi connectivity index (χ3n) is 3.18. The number of carbonyl (C=O) groups is 2. The van der Waals surface area contributed by atoms with E-state index in [0.717, 1.165) is 19.3 Å². The lowest BCUT2D eigenvalue weighted by Crippen LogP contribution is -2.53. The Labute approximate surface area is 127 Å². The number of hydrogen-bond acceptors (Lipinski definition) is 3. The van der Waals surface area contributed by atoms with Crippen molar-refractivity contribution in [3.8, 4) is 0 Å². The van der Waals surface area contributed by atoms with E-state index in [2.05, 4.69) is 22.8 Å². The fourth-order valence-electron chi connectivity index (χ4n) is 2.11. The summed E-state index contributed by atoms with van der Waals surface area (Å²) >= 11 is 0. The van der Waals surface area contributed by atoms with E-state index in [1.54, 1.807) is 0 Å². The molecule has 1 unspecified atom stereocenters. The van der Waals surface area contributed by atoms with Crippen LogP contribution in [0.5, 0.6) is 0 Å². The Morgan fingerprint density at radius 1 is 1.19 bits per heavy atom. The van der Waals surface area contributed by atoms with Crippen LogP contribution in [-0.4, -0.2) is 29.7 Å². The van der Waals surface area contributed by atoms with Gasteiger partial charge in [0.25, 0.3) is 0 Å². The number of nitrogens with one attached hydrogen (secondary N) is 2. The number of ether oxygens (including phenoxy) is 1. The van der Waals surface area contributed by atoms with Crippen molar-refractivity contribution in [1.29, 1.82) is 0 Å². The first-order chi connectivity index (χ1) is 9.59. The van der Waals surface area contributed by atoms with E-state index in [4.69, 9.17) is 4.74 Å². The molecule has 0 radical (unpaired) electrons. The molecule has 0 fully saturated rings. The monoisotopic (exact) mass is 296 g/mol. The molecule has 0 saturated carbocycles. The zero-order valence-corrected chi connectivity index (χ0v) is 13.8. The highest BCUT2D eigenvalue weighted by Crippen LogP contribution is 2.18. The third kappa shape index (κ3) is 7.16. The number of amides is 2. The summed E-state index contributed by atoms with van der Waals surface area (Å²) in [6.07, 6.45) is 6.34. The maximum Gasteiger partial charge on any atom is 0.408 e. The minimum Gasteiger partial charge on any atom is -0.444 e. The van der Waals surface area contributed by atoms with E-state index in [-0.39, 0.29) is 11.8 Å². The molecule has 5 heteroatoms. The van der Waals surface area contributed by atoms with Gasteiger partial charge in [-0.25, -0.2) is 4.79 Å². The average Bonchev–Trinajstić information content (AvgIpc) is 2.34. The van der Waals surface area contributed by atoms with E-state index in [1.807, 2.05) is 34.6 Å². The van der Waals surface area contributed by atoms with Crippen LogP contribution in [0.1, 0.15) is 53.9 Å². The fourth-order valence-corrected chi connectivity index (χ4v) is 2.11. The molecule has 1 aliphatic rings. The Kier molecular flexibility index (Phi) is 5.81. The lowest BCUT2D eigenvalue weighted by Gasteiger charge is -2.29. The molecule has 0 aromatic rings. The molecule has 1 rings (SSSR count). The van der Waals surface area contributed by atoms with Crippen LogP contribution in [-0.2, 0) is 9.53 Å². The molecule has 0 aromatic heterocycles. The van der Waals surface area contributed by atoms with Gasteiger partial charge >= 0.3 is 6.09 Å². The van der Waals surface area contributed by atoms with E-state index in [0.29, 0.717) is 6.54 Å². The second kappa shape index (κ2) is 6.96. The molecule has 0 aliphatic heterocycles. The minimum atomic E-state index is -0.553.